The minimum Gasteiger partial charge on any atom is -0.379 e. The number of hydrogen-bond acceptors (Lipinski definition) is 6. The molecule has 18 heteroatoms. The summed E-state index contributed by atoms with van der Waals surface area (Å²) in [6, 6.07) is 16.1. The van der Waals surface area contributed by atoms with Crippen molar-refractivity contribution in [3.63, 3.8) is 0 Å². The lowest BCUT2D eigenvalue weighted by Crippen LogP contribution is -2.41. The third kappa shape index (κ3) is 8.50. The SMILES string of the molecule is C[C@H]1c2cccc(C(C)(O)C(F)F)c2CCN1C(=O)Cc1c(Cl)ccc2n[nH]c(Cl)c12.C[C@H]1c2cccc(C(C)(O)C(F)F)c2CCN1C(=O)Cc1c(Cl)ccc2nn(C)c(Cl)c12. The number of benzene rings is 4. The van der Waals surface area contributed by atoms with Crippen molar-refractivity contribution >= 4 is 80.0 Å². The largest absolute Gasteiger partial charge is 0.379 e. The smallest absolute Gasteiger partial charge is 0.270 e. The summed E-state index contributed by atoms with van der Waals surface area (Å²) in [5, 5.41) is 34.7. The van der Waals surface area contributed by atoms with E-state index >= 15 is 0 Å². The summed E-state index contributed by atoms with van der Waals surface area (Å²) in [4.78, 5) is 30.0. The molecule has 63 heavy (non-hydrogen) atoms. The van der Waals surface area contributed by atoms with Crippen molar-refractivity contribution in [1.82, 2.24) is 29.8 Å². The second kappa shape index (κ2) is 17.9. The summed E-state index contributed by atoms with van der Waals surface area (Å²) in [6.45, 7) is 6.63. The number of amides is 2. The van der Waals surface area contributed by atoms with Crippen LogP contribution in [0.15, 0.2) is 60.7 Å². The molecule has 4 aromatic carbocycles. The highest BCUT2D eigenvalue weighted by atomic mass is 35.5. The zero-order valence-corrected chi connectivity index (χ0v) is 37.8. The van der Waals surface area contributed by atoms with Crippen LogP contribution in [-0.2, 0) is 53.5 Å². The summed E-state index contributed by atoms with van der Waals surface area (Å²) >= 11 is 25.4. The summed E-state index contributed by atoms with van der Waals surface area (Å²) in [5.74, 6) is -0.306. The minimum absolute atomic E-state index is 0.0313. The minimum atomic E-state index is -2.92. The third-order valence-electron chi connectivity index (χ3n) is 12.4. The van der Waals surface area contributed by atoms with Gasteiger partial charge in [-0.25, -0.2) is 17.6 Å². The molecule has 0 saturated carbocycles. The Hall–Kier alpha value is -4.44. The van der Waals surface area contributed by atoms with Crippen LogP contribution < -0.4 is 0 Å². The first-order chi connectivity index (χ1) is 29.7. The van der Waals surface area contributed by atoms with E-state index in [1.165, 1.54) is 16.8 Å². The number of aliphatic hydroxyl groups is 2. The topological polar surface area (TPSA) is 128 Å². The highest BCUT2D eigenvalue weighted by molar-refractivity contribution is 6.38. The van der Waals surface area contributed by atoms with Gasteiger partial charge in [-0.05, 0) is 109 Å². The molecule has 2 aliphatic rings. The molecule has 2 aromatic heterocycles. The third-order valence-corrected chi connectivity index (χ3v) is 13.8. The molecule has 4 atom stereocenters. The Morgan fingerprint density at radius 3 is 1.63 bits per heavy atom. The van der Waals surface area contributed by atoms with Crippen LogP contribution in [0.3, 0.4) is 0 Å². The van der Waals surface area contributed by atoms with Gasteiger partial charge in [0.25, 0.3) is 12.9 Å². The molecule has 3 N–H and O–H groups in total. The second-order valence-corrected chi connectivity index (χ2v) is 17.9. The quantitative estimate of drug-likeness (QED) is 0.130. The Bertz CT molecular complexity index is 2740. The molecule has 0 saturated heterocycles. The van der Waals surface area contributed by atoms with Crippen LogP contribution in [0.4, 0.5) is 17.6 Å². The molecule has 10 nitrogen and oxygen atoms in total. The molecular formula is C45H44Cl4F4N6O4. The van der Waals surface area contributed by atoms with Gasteiger partial charge in [0.2, 0.25) is 11.8 Å². The van der Waals surface area contributed by atoms with Crippen molar-refractivity contribution in [3.05, 3.63) is 126 Å². The molecule has 6 aromatic rings. The summed E-state index contributed by atoms with van der Waals surface area (Å²) in [7, 11) is 1.72. The fourth-order valence-corrected chi connectivity index (χ4v) is 9.81. The number of aromatic amines is 1. The van der Waals surface area contributed by atoms with Crippen LogP contribution >= 0.6 is 46.4 Å². The molecule has 334 valence electrons. The predicted molar refractivity (Wildman–Crippen MR) is 236 cm³/mol. The zero-order chi connectivity index (χ0) is 45.9. The van der Waals surface area contributed by atoms with Gasteiger partial charge in [0.15, 0.2) is 0 Å². The number of nitrogens with zero attached hydrogens (tertiary/aromatic N) is 5. The van der Waals surface area contributed by atoms with Gasteiger partial charge >= 0.3 is 0 Å². The lowest BCUT2D eigenvalue weighted by atomic mass is 9.83. The lowest BCUT2D eigenvalue weighted by Gasteiger charge is -2.38. The number of halogens is 8. The van der Waals surface area contributed by atoms with Crippen molar-refractivity contribution in [2.75, 3.05) is 13.1 Å². The highest BCUT2D eigenvalue weighted by Gasteiger charge is 2.41. The fraction of sp³-hybridized carbons (Fsp3) is 0.378. The van der Waals surface area contributed by atoms with Crippen molar-refractivity contribution in [3.8, 4) is 0 Å². The maximum absolute atomic E-state index is 13.5. The number of aryl methyl sites for hydroxylation is 1. The van der Waals surface area contributed by atoms with Gasteiger partial charge in [0, 0.05) is 41.0 Å². The number of carbonyl (C=O) groups is 2. The second-order valence-electron chi connectivity index (χ2n) is 16.3. The van der Waals surface area contributed by atoms with Crippen LogP contribution in [0.2, 0.25) is 20.4 Å². The van der Waals surface area contributed by atoms with E-state index in [0.717, 1.165) is 25.0 Å². The fourth-order valence-electron chi connectivity index (χ4n) is 8.86. The van der Waals surface area contributed by atoms with Crippen molar-refractivity contribution in [1.29, 1.82) is 0 Å². The molecule has 0 radical (unpaired) electrons. The van der Waals surface area contributed by atoms with Crippen LogP contribution in [-0.4, -0.2) is 77.7 Å². The number of rotatable bonds is 8. The molecule has 2 aliphatic heterocycles. The Labute approximate surface area is 380 Å². The standard InChI is InChI=1S/C23H23Cl2F2N3O2.C22H21Cl2F2N3O2/c1-12-13-5-4-6-16(23(2,32)22(26)27)14(13)9-10-30(12)19(31)11-15-17(24)7-8-18-20(15)21(25)29(3)28-18;1-11-12-4-3-5-15(22(2,31)21(25)26)13(12)8-9-29(11)18(30)10-14-16(23)6-7-17-19(14)20(24)28-27-17/h4-8,12,22,32H,9-11H2,1-3H3;3-7,11,21,31H,8-10H2,1-2H3,(H,27,28)/t12-,23?;11-,22?/m00/s1. The summed E-state index contributed by atoms with van der Waals surface area (Å²) in [5.41, 5.74) is 1.23. The van der Waals surface area contributed by atoms with Crippen LogP contribution in [0, 0.1) is 0 Å². The van der Waals surface area contributed by atoms with Crippen LogP contribution in [0.1, 0.15) is 84.3 Å². The molecule has 0 fully saturated rings. The van der Waals surface area contributed by atoms with Gasteiger partial charge < -0.3 is 20.0 Å². The van der Waals surface area contributed by atoms with E-state index in [0.29, 0.717) is 90.3 Å². The van der Waals surface area contributed by atoms with Gasteiger partial charge in [-0.2, -0.15) is 10.2 Å². The average Bonchev–Trinajstić information content (AvgIpc) is 3.76. The first-order valence-electron chi connectivity index (χ1n) is 20.1. The van der Waals surface area contributed by atoms with E-state index in [2.05, 4.69) is 15.3 Å². The number of fused-ring (bicyclic) bond motifs is 4. The number of carbonyl (C=O) groups excluding carboxylic acids is 2. The monoisotopic (exact) mass is 948 g/mol. The van der Waals surface area contributed by atoms with Gasteiger partial charge in [-0.15, -0.1) is 0 Å². The van der Waals surface area contributed by atoms with Gasteiger partial charge in [-0.3, -0.25) is 19.4 Å². The van der Waals surface area contributed by atoms with E-state index in [-0.39, 0.29) is 47.9 Å². The van der Waals surface area contributed by atoms with Crippen LogP contribution in [0.5, 0.6) is 0 Å². The number of hydrogen-bond donors (Lipinski definition) is 3. The summed E-state index contributed by atoms with van der Waals surface area (Å²) < 4.78 is 55.3. The Morgan fingerprint density at radius 2 is 1.17 bits per heavy atom. The van der Waals surface area contributed by atoms with Gasteiger partial charge in [0.1, 0.15) is 21.5 Å². The molecule has 0 aliphatic carbocycles. The van der Waals surface area contributed by atoms with Crippen molar-refractivity contribution < 1.29 is 37.4 Å². The lowest BCUT2D eigenvalue weighted by molar-refractivity contribution is -0.133. The zero-order valence-electron chi connectivity index (χ0n) is 34.8. The highest BCUT2D eigenvalue weighted by Crippen LogP contribution is 2.41. The van der Waals surface area contributed by atoms with E-state index in [1.807, 2.05) is 26.0 Å². The molecule has 0 bridgehead atoms. The van der Waals surface area contributed by atoms with Gasteiger partial charge in [-0.1, -0.05) is 82.8 Å². The molecular weight excluding hydrogens is 906 g/mol. The average molecular weight is 951 g/mol. The van der Waals surface area contributed by atoms with E-state index in [4.69, 9.17) is 46.4 Å². The molecule has 4 heterocycles. The van der Waals surface area contributed by atoms with Crippen LogP contribution in [0.25, 0.3) is 21.8 Å². The number of alkyl halides is 4. The Kier molecular flexibility index (Phi) is 13.2. The Morgan fingerprint density at radius 1 is 0.730 bits per heavy atom. The van der Waals surface area contributed by atoms with Crippen molar-refractivity contribution in [2.24, 2.45) is 7.05 Å². The van der Waals surface area contributed by atoms with Crippen molar-refractivity contribution in [2.45, 2.75) is 89.5 Å². The summed E-state index contributed by atoms with van der Waals surface area (Å²) in [6.07, 6.45) is -5.03. The first kappa shape index (κ1) is 46.5. The van der Waals surface area contributed by atoms with E-state index in [1.54, 1.807) is 53.2 Å². The molecule has 0 spiro atoms. The van der Waals surface area contributed by atoms with Gasteiger partial charge in [0.05, 0.1) is 36.0 Å². The molecule has 2 amide bonds. The maximum atomic E-state index is 13.5. The maximum Gasteiger partial charge on any atom is 0.270 e. The van der Waals surface area contributed by atoms with E-state index < -0.39 is 24.1 Å². The molecule has 2 unspecified atom stereocenters. The molecule has 8 rings (SSSR count). The number of aromatic nitrogens is 4. The Balaban J connectivity index is 0.000000189. The number of nitrogens with one attached hydrogen (secondary N) is 1. The van der Waals surface area contributed by atoms with E-state index in [9.17, 15) is 37.4 Å². The normalized spacial score (nSPS) is 18.2. The number of H-pyrrole nitrogens is 1. The first-order valence-corrected chi connectivity index (χ1v) is 21.6. The predicted octanol–water partition coefficient (Wildman–Crippen LogP) is 10.1.